The van der Waals surface area contributed by atoms with E-state index in [1.807, 2.05) is 11.8 Å². The van der Waals surface area contributed by atoms with Crippen LogP contribution in [0.3, 0.4) is 0 Å². The Balaban J connectivity index is 2.12. The third kappa shape index (κ3) is 2.08. The summed E-state index contributed by atoms with van der Waals surface area (Å²) >= 11 is 0. The van der Waals surface area contributed by atoms with Gasteiger partial charge in [-0.25, -0.2) is 0 Å². The van der Waals surface area contributed by atoms with Crippen LogP contribution in [-0.2, 0) is 9.53 Å². The molecule has 4 atom stereocenters. The quantitative estimate of drug-likeness (QED) is 0.810. The molecule has 4 heteroatoms. The smallest absolute Gasteiger partial charge is 0.244 e. The average Bonchev–Trinajstić information content (AvgIpc) is 2.88. The molecule has 1 amide bonds. The highest BCUT2D eigenvalue weighted by molar-refractivity contribution is 5.88. The molecule has 0 aromatic rings. The molecule has 4 nitrogen and oxygen atoms in total. The molecule has 2 rings (SSSR count). The highest BCUT2D eigenvalue weighted by Gasteiger charge is 2.48. The molecule has 0 radical (unpaired) electrons. The van der Waals surface area contributed by atoms with Crippen molar-refractivity contribution in [1.29, 1.82) is 0 Å². The van der Waals surface area contributed by atoms with Crippen LogP contribution in [0.4, 0.5) is 0 Å². The van der Waals surface area contributed by atoms with Crippen LogP contribution < -0.4 is 5.32 Å². The zero-order chi connectivity index (χ0) is 12.6. The SMILES string of the molecule is CCC1(C)NC(C)N(C(C)C2CCOC2)C1=O. The predicted octanol–water partition coefficient (Wildman–Crippen LogP) is 1.36. The van der Waals surface area contributed by atoms with Gasteiger partial charge in [0.05, 0.1) is 18.3 Å². The normalized spacial score (nSPS) is 40.0. The molecule has 2 aliphatic heterocycles. The lowest BCUT2D eigenvalue weighted by atomic mass is 9.96. The summed E-state index contributed by atoms with van der Waals surface area (Å²) in [5, 5.41) is 3.42. The summed E-state index contributed by atoms with van der Waals surface area (Å²) in [4.78, 5) is 14.5. The molecule has 0 saturated carbocycles. The molecule has 2 fully saturated rings. The minimum atomic E-state index is -0.382. The molecule has 2 aliphatic rings. The lowest BCUT2D eigenvalue weighted by Crippen LogP contribution is -2.46. The van der Waals surface area contributed by atoms with Crippen molar-refractivity contribution in [3.63, 3.8) is 0 Å². The van der Waals surface area contributed by atoms with E-state index in [4.69, 9.17) is 4.74 Å². The first-order valence-corrected chi connectivity index (χ1v) is 6.68. The van der Waals surface area contributed by atoms with Crippen molar-refractivity contribution in [3.8, 4) is 0 Å². The Hall–Kier alpha value is -0.610. The molecule has 2 saturated heterocycles. The van der Waals surface area contributed by atoms with E-state index in [0.29, 0.717) is 5.92 Å². The van der Waals surface area contributed by atoms with Crippen LogP contribution in [0, 0.1) is 5.92 Å². The maximum absolute atomic E-state index is 12.5. The Morgan fingerprint density at radius 2 is 2.35 bits per heavy atom. The maximum Gasteiger partial charge on any atom is 0.244 e. The lowest BCUT2D eigenvalue weighted by Gasteiger charge is -2.32. The van der Waals surface area contributed by atoms with Gasteiger partial charge in [-0.15, -0.1) is 0 Å². The van der Waals surface area contributed by atoms with E-state index >= 15 is 0 Å². The fourth-order valence-electron chi connectivity index (χ4n) is 3.00. The van der Waals surface area contributed by atoms with E-state index in [1.54, 1.807) is 0 Å². The number of hydrogen-bond acceptors (Lipinski definition) is 3. The summed E-state index contributed by atoms with van der Waals surface area (Å²) in [6.07, 6.45) is 2.03. The number of ether oxygens (including phenoxy) is 1. The molecule has 0 bridgehead atoms. The summed E-state index contributed by atoms with van der Waals surface area (Å²) in [5.41, 5.74) is -0.382. The molecule has 17 heavy (non-hydrogen) atoms. The number of nitrogens with zero attached hydrogens (tertiary/aromatic N) is 1. The average molecular weight is 240 g/mol. The fourth-order valence-corrected chi connectivity index (χ4v) is 3.00. The lowest BCUT2D eigenvalue weighted by molar-refractivity contribution is -0.135. The maximum atomic E-state index is 12.5. The van der Waals surface area contributed by atoms with Gasteiger partial charge < -0.3 is 9.64 Å². The third-order valence-corrected chi connectivity index (χ3v) is 4.44. The van der Waals surface area contributed by atoms with E-state index < -0.39 is 0 Å². The minimum absolute atomic E-state index is 0.128. The van der Waals surface area contributed by atoms with Gasteiger partial charge in [0, 0.05) is 18.6 Å². The second-order valence-electron chi connectivity index (χ2n) is 5.58. The van der Waals surface area contributed by atoms with Gasteiger partial charge in [0.25, 0.3) is 0 Å². The Labute approximate surface area is 104 Å². The minimum Gasteiger partial charge on any atom is -0.381 e. The van der Waals surface area contributed by atoms with Crippen LogP contribution in [0.2, 0.25) is 0 Å². The molecule has 4 unspecified atom stereocenters. The standard InChI is InChI=1S/C13H24N2O2/c1-5-13(4)12(16)15(10(3)14-13)9(2)11-6-7-17-8-11/h9-11,14H,5-8H2,1-4H3. The van der Waals surface area contributed by atoms with Crippen molar-refractivity contribution >= 4 is 5.91 Å². The first kappa shape index (κ1) is 12.8. The second-order valence-corrected chi connectivity index (χ2v) is 5.58. The fraction of sp³-hybridized carbons (Fsp3) is 0.923. The summed E-state index contributed by atoms with van der Waals surface area (Å²) in [6, 6.07) is 0.265. The van der Waals surface area contributed by atoms with Gasteiger partial charge in [-0.2, -0.15) is 0 Å². The third-order valence-electron chi connectivity index (χ3n) is 4.44. The van der Waals surface area contributed by atoms with Gasteiger partial charge in [0.15, 0.2) is 0 Å². The summed E-state index contributed by atoms with van der Waals surface area (Å²) < 4.78 is 5.43. The van der Waals surface area contributed by atoms with E-state index in [0.717, 1.165) is 26.1 Å². The number of carbonyl (C=O) groups is 1. The van der Waals surface area contributed by atoms with Crippen molar-refractivity contribution in [2.24, 2.45) is 5.92 Å². The van der Waals surface area contributed by atoms with Crippen LogP contribution in [-0.4, -0.2) is 41.8 Å². The molecular weight excluding hydrogens is 216 g/mol. The van der Waals surface area contributed by atoms with Crippen LogP contribution in [0.5, 0.6) is 0 Å². The van der Waals surface area contributed by atoms with E-state index in [9.17, 15) is 4.79 Å². The van der Waals surface area contributed by atoms with Crippen molar-refractivity contribution in [1.82, 2.24) is 10.2 Å². The number of amides is 1. The summed E-state index contributed by atoms with van der Waals surface area (Å²) in [6.45, 7) is 9.92. The number of hydrogen-bond donors (Lipinski definition) is 1. The van der Waals surface area contributed by atoms with Crippen molar-refractivity contribution in [2.75, 3.05) is 13.2 Å². The second kappa shape index (κ2) is 4.58. The predicted molar refractivity (Wildman–Crippen MR) is 66.5 cm³/mol. The van der Waals surface area contributed by atoms with Crippen molar-refractivity contribution in [3.05, 3.63) is 0 Å². The number of nitrogens with one attached hydrogen (secondary N) is 1. The zero-order valence-electron chi connectivity index (χ0n) is 11.3. The van der Waals surface area contributed by atoms with Gasteiger partial charge in [0.2, 0.25) is 5.91 Å². The molecular formula is C13H24N2O2. The molecule has 0 aliphatic carbocycles. The molecule has 98 valence electrons. The number of rotatable bonds is 3. The number of carbonyl (C=O) groups excluding carboxylic acids is 1. The first-order valence-electron chi connectivity index (χ1n) is 6.68. The van der Waals surface area contributed by atoms with Gasteiger partial charge in [-0.1, -0.05) is 6.92 Å². The van der Waals surface area contributed by atoms with Crippen LogP contribution in [0.15, 0.2) is 0 Å². The van der Waals surface area contributed by atoms with Gasteiger partial charge in [-0.3, -0.25) is 10.1 Å². The molecule has 0 aromatic heterocycles. The summed E-state index contributed by atoms with van der Waals surface area (Å²) in [7, 11) is 0. The monoisotopic (exact) mass is 240 g/mol. The Morgan fingerprint density at radius 3 is 2.82 bits per heavy atom. The van der Waals surface area contributed by atoms with Crippen LogP contribution in [0.25, 0.3) is 0 Å². The highest BCUT2D eigenvalue weighted by atomic mass is 16.5. The first-order chi connectivity index (χ1) is 7.99. The summed E-state index contributed by atoms with van der Waals surface area (Å²) in [5.74, 6) is 0.731. The van der Waals surface area contributed by atoms with Gasteiger partial charge >= 0.3 is 0 Å². The molecule has 2 heterocycles. The zero-order valence-corrected chi connectivity index (χ0v) is 11.3. The van der Waals surface area contributed by atoms with E-state index in [1.165, 1.54) is 0 Å². The molecule has 0 aromatic carbocycles. The molecule has 1 N–H and O–H groups in total. The Kier molecular flexibility index (Phi) is 3.46. The topological polar surface area (TPSA) is 41.6 Å². The van der Waals surface area contributed by atoms with Crippen molar-refractivity contribution < 1.29 is 9.53 Å². The largest absolute Gasteiger partial charge is 0.381 e. The van der Waals surface area contributed by atoms with Crippen LogP contribution >= 0.6 is 0 Å². The van der Waals surface area contributed by atoms with Gasteiger partial charge in [0.1, 0.15) is 0 Å². The Morgan fingerprint density at radius 1 is 1.65 bits per heavy atom. The van der Waals surface area contributed by atoms with Crippen molar-refractivity contribution in [2.45, 2.75) is 58.3 Å². The van der Waals surface area contributed by atoms with E-state index in [2.05, 4.69) is 26.1 Å². The van der Waals surface area contributed by atoms with E-state index in [-0.39, 0.29) is 23.7 Å². The Bertz CT molecular complexity index is 302. The van der Waals surface area contributed by atoms with Crippen LogP contribution in [0.1, 0.15) is 40.5 Å². The molecule has 0 spiro atoms. The van der Waals surface area contributed by atoms with Gasteiger partial charge in [-0.05, 0) is 33.6 Å². The highest BCUT2D eigenvalue weighted by Crippen LogP contribution is 2.30.